The smallest absolute Gasteiger partial charge is 0.338 e. The van der Waals surface area contributed by atoms with Gasteiger partial charge in [-0.05, 0) is 61.5 Å². The van der Waals surface area contributed by atoms with Crippen LogP contribution in [0.4, 0.5) is 5.69 Å². The molecule has 0 fully saturated rings. The van der Waals surface area contributed by atoms with Crippen LogP contribution >= 0.6 is 0 Å². The fourth-order valence-electron chi connectivity index (χ4n) is 3.00. The molecule has 8 nitrogen and oxygen atoms in total. The van der Waals surface area contributed by atoms with Crippen LogP contribution in [-0.4, -0.2) is 38.7 Å². The number of benzene rings is 3. The van der Waals surface area contributed by atoms with Crippen LogP contribution in [0.2, 0.25) is 0 Å². The lowest BCUT2D eigenvalue weighted by Gasteiger charge is -2.12. The summed E-state index contributed by atoms with van der Waals surface area (Å²) in [5.74, 6) is -0.239. The van der Waals surface area contributed by atoms with Gasteiger partial charge in [0.05, 0.1) is 32.0 Å². The molecule has 0 spiro atoms. The molecule has 0 unspecified atom stereocenters. The van der Waals surface area contributed by atoms with Crippen LogP contribution in [0.1, 0.15) is 38.0 Å². The minimum absolute atomic E-state index is 0.0156. The number of ether oxygens (including phenoxy) is 4. The summed E-state index contributed by atoms with van der Waals surface area (Å²) in [5.41, 5.74) is 1.08. The second kappa shape index (κ2) is 10.8. The minimum atomic E-state index is -0.697. The Morgan fingerprint density at radius 2 is 1.39 bits per heavy atom. The zero-order valence-corrected chi connectivity index (χ0v) is 18.4. The van der Waals surface area contributed by atoms with Crippen molar-refractivity contribution in [2.24, 2.45) is 0 Å². The van der Waals surface area contributed by atoms with Crippen molar-refractivity contribution < 1.29 is 33.3 Å². The van der Waals surface area contributed by atoms with Crippen molar-refractivity contribution in [3.8, 4) is 17.2 Å². The van der Waals surface area contributed by atoms with Gasteiger partial charge in [0.25, 0.3) is 5.91 Å². The summed E-state index contributed by atoms with van der Waals surface area (Å²) < 4.78 is 20.7. The Morgan fingerprint density at radius 3 is 2.06 bits per heavy atom. The van der Waals surface area contributed by atoms with E-state index in [9.17, 15) is 14.4 Å². The molecular weight excluding hydrogens is 426 g/mol. The van der Waals surface area contributed by atoms with E-state index in [-0.39, 0.29) is 17.0 Å². The number of nitrogens with one attached hydrogen (secondary N) is 1. The lowest BCUT2D eigenvalue weighted by Crippen LogP contribution is -2.12. The number of carbonyl (C=O) groups is 3. The highest BCUT2D eigenvalue weighted by Gasteiger charge is 2.19. The van der Waals surface area contributed by atoms with E-state index in [1.54, 1.807) is 48.5 Å². The third-order valence-electron chi connectivity index (χ3n) is 4.56. The first-order chi connectivity index (χ1) is 15.9. The molecule has 170 valence electrons. The van der Waals surface area contributed by atoms with Crippen molar-refractivity contribution in [2.45, 2.75) is 6.92 Å². The van der Waals surface area contributed by atoms with E-state index in [1.165, 1.54) is 32.4 Å². The Bertz CT molecular complexity index is 1160. The number of amides is 1. The second-order valence-electron chi connectivity index (χ2n) is 6.73. The molecule has 0 aliphatic heterocycles. The van der Waals surface area contributed by atoms with E-state index >= 15 is 0 Å². The van der Waals surface area contributed by atoms with Crippen molar-refractivity contribution >= 4 is 23.5 Å². The van der Waals surface area contributed by atoms with Crippen LogP contribution < -0.4 is 14.8 Å². The number of anilines is 1. The van der Waals surface area contributed by atoms with E-state index in [4.69, 9.17) is 18.9 Å². The Balaban J connectivity index is 1.76. The van der Waals surface area contributed by atoms with E-state index in [0.717, 1.165) is 0 Å². The van der Waals surface area contributed by atoms with Crippen LogP contribution in [0.3, 0.4) is 0 Å². The summed E-state index contributed by atoms with van der Waals surface area (Å²) in [5, 5.41) is 2.81. The maximum Gasteiger partial charge on any atom is 0.338 e. The maximum atomic E-state index is 12.5. The first kappa shape index (κ1) is 23.3. The highest BCUT2D eigenvalue weighted by Crippen LogP contribution is 2.27. The molecule has 0 aliphatic rings. The van der Waals surface area contributed by atoms with Crippen LogP contribution in [0.25, 0.3) is 0 Å². The Hall–Kier alpha value is -4.33. The lowest BCUT2D eigenvalue weighted by molar-refractivity contribution is 0.0555. The molecule has 0 atom stereocenters. The zero-order chi connectivity index (χ0) is 23.8. The van der Waals surface area contributed by atoms with E-state index < -0.39 is 11.9 Å². The van der Waals surface area contributed by atoms with Gasteiger partial charge in [0, 0.05) is 17.3 Å². The normalized spacial score (nSPS) is 10.2. The van der Waals surface area contributed by atoms with Gasteiger partial charge in [-0.15, -0.1) is 0 Å². The summed E-state index contributed by atoms with van der Waals surface area (Å²) in [6.07, 6.45) is 0. The fraction of sp³-hybridized carbons (Fsp3) is 0.160. The molecule has 0 radical (unpaired) electrons. The number of hydrogen-bond acceptors (Lipinski definition) is 7. The molecule has 0 saturated carbocycles. The van der Waals surface area contributed by atoms with Gasteiger partial charge in [-0.2, -0.15) is 0 Å². The molecule has 8 heteroatoms. The number of methoxy groups -OCH3 is 2. The first-order valence-corrected chi connectivity index (χ1v) is 10.1. The molecule has 3 aromatic rings. The van der Waals surface area contributed by atoms with Crippen molar-refractivity contribution in [3.05, 3.63) is 83.4 Å². The number of hydrogen-bond donors (Lipinski definition) is 1. The molecule has 3 rings (SSSR count). The van der Waals surface area contributed by atoms with E-state index in [2.05, 4.69) is 5.32 Å². The molecule has 1 N–H and O–H groups in total. The molecule has 0 bridgehead atoms. The predicted molar refractivity (Wildman–Crippen MR) is 121 cm³/mol. The summed E-state index contributed by atoms with van der Waals surface area (Å²) >= 11 is 0. The van der Waals surface area contributed by atoms with Gasteiger partial charge >= 0.3 is 11.9 Å². The predicted octanol–water partition coefficient (Wildman–Crippen LogP) is 4.70. The number of carbonyl (C=O) groups excluding carboxylic acids is 3. The quantitative estimate of drug-likeness (QED) is 0.498. The van der Waals surface area contributed by atoms with Crippen molar-refractivity contribution in [1.82, 2.24) is 0 Å². The lowest BCUT2D eigenvalue weighted by atomic mass is 10.1. The Morgan fingerprint density at radius 1 is 0.758 bits per heavy atom. The van der Waals surface area contributed by atoms with E-state index in [0.29, 0.717) is 35.1 Å². The second-order valence-corrected chi connectivity index (χ2v) is 6.73. The summed E-state index contributed by atoms with van der Waals surface area (Å²) in [4.78, 5) is 36.6. The largest absolute Gasteiger partial charge is 0.494 e. The van der Waals surface area contributed by atoms with Gasteiger partial charge in [0.1, 0.15) is 17.2 Å². The highest BCUT2D eigenvalue weighted by atomic mass is 16.5. The Kier molecular flexibility index (Phi) is 7.64. The van der Waals surface area contributed by atoms with Gasteiger partial charge in [-0.25, -0.2) is 9.59 Å². The third-order valence-corrected chi connectivity index (χ3v) is 4.56. The summed E-state index contributed by atoms with van der Waals surface area (Å²) in [7, 11) is 2.44. The monoisotopic (exact) mass is 449 g/mol. The number of esters is 2. The first-order valence-electron chi connectivity index (χ1n) is 10.1. The topological polar surface area (TPSA) is 100 Å². The zero-order valence-electron chi connectivity index (χ0n) is 18.4. The highest BCUT2D eigenvalue weighted by molar-refractivity contribution is 6.04. The van der Waals surface area contributed by atoms with E-state index in [1.807, 2.05) is 6.92 Å². The minimum Gasteiger partial charge on any atom is -0.494 e. The molecule has 3 aromatic carbocycles. The van der Waals surface area contributed by atoms with Gasteiger partial charge in [0.2, 0.25) is 0 Å². The van der Waals surface area contributed by atoms with Crippen molar-refractivity contribution in [3.63, 3.8) is 0 Å². The molecule has 0 aromatic heterocycles. The molecule has 0 aliphatic carbocycles. The van der Waals surface area contributed by atoms with Crippen molar-refractivity contribution in [2.75, 3.05) is 26.1 Å². The van der Waals surface area contributed by atoms with Gasteiger partial charge in [-0.1, -0.05) is 6.07 Å². The molecule has 1 amide bonds. The van der Waals surface area contributed by atoms with Crippen LogP contribution in [0, 0.1) is 0 Å². The summed E-state index contributed by atoms with van der Waals surface area (Å²) in [6.45, 7) is 2.43. The average molecular weight is 449 g/mol. The van der Waals surface area contributed by atoms with Gasteiger partial charge in [-0.3, -0.25) is 4.79 Å². The molecule has 33 heavy (non-hydrogen) atoms. The van der Waals surface area contributed by atoms with Gasteiger partial charge in [0.15, 0.2) is 0 Å². The van der Waals surface area contributed by atoms with Gasteiger partial charge < -0.3 is 24.3 Å². The molecule has 0 heterocycles. The summed E-state index contributed by atoms with van der Waals surface area (Å²) in [6, 6.07) is 17.9. The molecule has 0 saturated heterocycles. The fourth-order valence-corrected chi connectivity index (χ4v) is 3.00. The standard InChI is InChI=1S/C25H23NO7/c1-4-32-18-10-8-16(9-11-18)23(27)26-17-6-5-7-19(14-17)33-20-12-13-21(24(28)30-2)22(15-20)25(29)31-3/h5-15H,4H2,1-3H3,(H,26,27). The third kappa shape index (κ3) is 5.88. The van der Waals surface area contributed by atoms with Crippen molar-refractivity contribution in [1.29, 1.82) is 0 Å². The molecular formula is C25H23NO7. The SMILES string of the molecule is CCOc1ccc(C(=O)Nc2cccc(Oc3ccc(C(=O)OC)c(C(=O)OC)c3)c2)cc1. The maximum absolute atomic E-state index is 12.5. The van der Waals surface area contributed by atoms with Crippen LogP contribution in [0.5, 0.6) is 17.2 Å². The average Bonchev–Trinajstić information content (AvgIpc) is 2.84. The van der Waals surface area contributed by atoms with Crippen LogP contribution in [-0.2, 0) is 9.47 Å². The number of rotatable bonds is 8. The Labute approximate surface area is 191 Å². The van der Waals surface area contributed by atoms with Crippen LogP contribution in [0.15, 0.2) is 66.7 Å².